The van der Waals surface area contributed by atoms with Crippen molar-refractivity contribution in [3.63, 3.8) is 0 Å². The van der Waals surface area contributed by atoms with E-state index in [2.05, 4.69) is 34.6 Å². The lowest BCUT2D eigenvalue weighted by atomic mass is 9.34. The van der Waals surface area contributed by atoms with E-state index in [9.17, 15) is 5.11 Å². The summed E-state index contributed by atoms with van der Waals surface area (Å²) in [5, 5.41) is 11.0. The van der Waals surface area contributed by atoms with E-state index in [1.165, 1.54) is 38.5 Å². The van der Waals surface area contributed by atoms with E-state index in [1.807, 2.05) is 0 Å². The number of hydrogen-bond acceptors (Lipinski definition) is 1. The number of aliphatic hydroxyl groups excluding tert-OH is 1. The highest BCUT2D eigenvalue weighted by atomic mass is 16.3. The smallest absolute Gasteiger partial charge is 0.0579 e. The molecule has 6 aliphatic rings. The lowest BCUT2D eigenvalue weighted by molar-refractivity contribution is -0.141. The van der Waals surface area contributed by atoms with Gasteiger partial charge in [0.15, 0.2) is 0 Å². The fourth-order valence-corrected chi connectivity index (χ4v) is 9.99. The molecule has 1 nitrogen and oxygen atoms in total. The molecule has 0 aromatic heterocycles. The van der Waals surface area contributed by atoms with Crippen LogP contribution in [-0.2, 0) is 0 Å². The maximum Gasteiger partial charge on any atom is 0.0579 e. The van der Waals surface area contributed by atoms with Gasteiger partial charge in [-0.1, -0.05) is 46.8 Å². The van der Waals surface area contributed by atoms with Gasteiger partial charge >= 0.3 is 0 Å². The van der Waals surface area contributed by atoms with E-state index in [0.29, 0.717) is 34.0 Å². The molecular formula is C25H40O. The van der Waals surface area contributed by atoms with Crippen molar-refractivity contribution in [1.29, 1.82) is 0 Å². The van der Waals surface area contributed by atoms with Crippen LogP contribution in [0.3, 0.4) is 0 Å². The molecule has 2 bridgehead atoms. The predicted molar refractivity (Wildman–Crippen MR) is 108 cm³/mol. The normalized spacial score (nSPS) is 60.9. The van der Waals surface area contributed by atoms with E-state index < -0.39 is 0 Å². The van der Waals surface area contributed by atoms with Gasteiger partial charge in [-0.3, -0.25) is 0 Å². The predicted octanol–water partition coefficient (Wildman–Crippen LogP) is 6.07. The van der Waals surface area contributed by atoms with Gasteiger partial charge in [0, 0.05) is 0 Å². The average molecular weight is 357 g/mol. The molecular weight excluding hydrogens is 316 g/mol. The number of fused-ring (bicyclic) bond motifs is 3. The summed E-state index contributed by atoms with van der Waals surface area (Å²) in [5.74, 6) is 5.19. The van der Waals surface area contributed by atoms with Crippen LogP contribution in [0.25, 0.3) is 0 Å². The van der Waals surface area contributed by atoms with Gasteiger partial charge in [0.2, 0.25) is 0 Å². The lowest BCUT2D eigenvalue weighted by Crippen LogP contribution is -2.63. The van der Waals surface area contributed by atoms with Crippen molar-refractivity contribution >= 4 is 0 Å². The quantitative estimate of drug-likeness (QED) is 0.565. The topological polar surface area (TPSA) is 20.2 Å². The van der Waals surface area contributed by atoms with Gasteiger partial charge in [-0.25, -0.2) is 0 Å². The van der Waals surface area contributed by atoms with E-state index in [1.54, 1.807) is 5.57 Å². The largest absolute Gasteiger partial charge is 0.393 e. The highest BCUT2D eigenvalue weighted by Crippen LogP contribution is 2.83. The molecule has 0 aromatic rings. The van der Waals surface area contributed by atoms with Gasteiger partial charge in [0.25, 0.3) is 0 Å². The zero-order chi connectivity index (χ0) is 18.6. The standard InChI is InChI=1S/C25H40O/c1-14(2)22-19-12-25-17(5)24(16(4)7-8-21(24)25)10-9-15(3)18(25)11-23(19,6)13-20(22)26/h14-16,18-22,26H,5,7-13H2,1-4,6H3/t15-,16-,18+,19-,20+,21+,22+,23-,24+,25-/m0/s1. The van der Waals surface area contributed by atoms with E-state index in [0.717, 1.165) is 30.1 Å². The van der Waals surface area contributed by atoms with Crippen LogP contribution in [0, 0.1) is 57.7 Å². The van der Waals surface area contributed by atoms with Gasteiger partial charge < -0.3 is 5.11 Å². The van der Waals surface area contributed by atoms with Crippen molar-refractivity contribution in [3.05, 3.63) is 12.2 Å². The molecule has 0 amide bonds. The second-order valence-corrected chi connectivity index (χ2v) is 12.0. The second kappa shape index (κ2) is 5.19. The van der Waals surface area contributed by atoms with Crippen LogP contribution in [-0.4, -0.2) is 11.2 Å². The number of aliphatic hydroxyl groups is 1. The zero-order valence-electron chi connectivity index (χ0n) is 17.7. The van der Waals surface area contributed by atoms with E-state index in [4.69, 9.17) is 6.58 Å². The van der Waals surface area contributed by atoms with Crippen LogP contribution in [0.5, 0.6) is 0 Å². The van der Waals surface area contributed by atoms with Crippen LogP contribution in [0.4, 0.5) is 0 Å². The Labute approximate surface area is 161 Å². The molecule has 0 heterocycles. The molecule has 0 aromatic carbocycles. The van der Waals surface area contributed by atoms with Gasteiger partial charge in [-0.05, 0) is 103 Å². The molecule has 0 radical (unpaired) electrons. The Morgan fingerprint density at radius 3 is 2.42 bits per heavy atom. The van der Waals surface area contributed by atoms with E-state index in [-0.39, 0.29) is 6.10 Å². The molecule has 146 valence electrons. The third-order valence-corrected chi connectivity index (χ3v) is 11.0. The molecule has 0 unspecified atom stereocenters. The second-order valence-electron chi connectivity index (χ2n) is 12.0. The Morgan fingerprint density at radius 2 is 1.73 bits per heavy atom. The summed E-state index contributed by atoms with van der Waals surface area (Å²) in [6.45, 7) is 17.1. The van der Waals surface area contributed by atoms with Crippen LogP contribution in [0.2, 0.25) is 0 Å². The molecule has 0 saturated heterocycles. The summed E-state index contributed by atoms with van der Waals surface area (Å²) in [7, 11) is 0. The van der Waals surface area contributed by atoms with Crippen molar-refractivity contribution in [2.75, 3.05) is 0 Å². The van der Waals surface area contributed by atoms with Gasteiger partial charge in [0.05, 0.1) is 6.10 Å². The summed E-state index contributed by atoms with van der Waals surface area (Å²) in [5.41, 5.74) is 2.94. The first-order chi connectivity index (χ1) is 12.2. The third-order valence-electron chi connectivity index (χ3n) is 11.0. The monoisotopic (exact) mass is 356 g/mol. The molecule has 6 fully saturated rings. The van der Waals surface area contributed by atoms with E-state index >= 15 is 0 Å². The fraction of sp³-hybridized carbons (Fsp3) is 0.920. The highest BCUT2D eigenvalue weighted by molar-refractivity contribution is 5.42. The molecule has 2 spiro atoms. The maximum atomic E-state index is 11.0. The molecule has 10 atom stereocenters. The van der Waals surface area contributed by atoms with Crippen molar-refractivity contribution < 1.29 is 5.11 Å². The SMILES string of the molecule is C=C1[C@@]23C[C@H]4[C@@H](C(C)C)[C@H](O)C[C@]4(C)C[C@@H]2[C@@H](C)CC[C@]12[C@H]3CC[C@@H]2C. The van der Waals surface area contributed by atoms with Crippen molar-refractivity contribution in [2.24, 2.45) is 57.7 Å². The van der Waals surface area contributed by atoms with Gasteiger partial charge in [-0.2, -0.15) is 0 Å². The average Bonchev–Trinajstić information content (AvgIpc) is 2.94. The molecule has 1 heteroatoms. The molecule has 6 saturated carbocycles. The Hall–Kier alpha value is -0.300. The summed E-state index contributed by atoms with van der Waals surface area (Å²) >= 11 is 0. The lowest BCUT2D eigenvalue weighted by Gasteiger charge is -2.70. The minimum absolute atomic E-state index is 0.0837. The summed E-state index contributed by atoms with van der Waals surface area (Å²) in [4.78, 5) is 0. The minimum Gasteiger partial charge on any atom is -0.393 e. The Bertz CT molecular complexity index is 636. The first-order valence-electron chi connectivity index (χ1n) is 11.6. The summed E-state index contributed by atoms with van der Waals surface area (Å²) in [6, 6.07) is 0. The zero-order valence-corrected chi connectivity index (χ0v) is 17.7. The van der Waals surface area contributed by atoms with Crippen molar-refractivity contribution in [1.82, 2.24) is 0 Å². The molecule has 1 N–H and O–H groups in total. The van der Waals surface area contributed by atoms with Gasteiger partial charge in [0.1, 0.15) is 0 Å². The highest BCUT2D eigenvalue weighted by Gasteiger charge is 2.76. The number of allylic oxidation sites excluding steroid dienone is 1. The van der Waals surface area contributed by atoms with Crippen LogP contribution >= 0.6 is 0 Å². The molecule has 6 aliphatic carbocycles. The van der Waals surface area contributed by atoms with Crippen LogP contribution in [0.15, 0.2) is 12.2 Å². The first-order valence-corrected chi connectivity index (χ1v) is 11.6. The molecule has 6 rings (SSSR count). The number of rotatable bonds is 1. The van der Waals surface area contributed by atoms with Crippen LogP contribution in [0.1, 0.15) is 79.6 Å². The van der Waals surface area contributed by atoms with Crippen molar-refractivity contribution in [3.8, 4) is 0 Å². The third kappa shape index (κ3) is 1.74. The Balaban J connectivity index is 1.61. The molecule has 26 heavy (non-hydrogen) atoms. The van der Waals surface area contributed by atoms with Crippen LogP contribution < -0.4 is 0 Å². The minimum atomic E-state index is -0.0837. The Kier molecular flexibility index (Phi) is 3.55. The van der Waals surface area contributed by atoms with Crippen molar-refractivity contribution in [2.45, 2.75) is 85.7 Å². The number of hydrogen-bond donors (Lipinski definition) is 1. The summed E-state index contributed by atoms with van der Waals surface area (Å²) < 4.78 is 0. The Morgan fingerprint density at radius 1 is 1.00 bits per heavy atom. The van der Waals surface area contributed by atoms with Gasteiger partial charge in [-0.15, -0.1) is 0 Å². The molecule has 0 aliphatic heterocycles. The first kappa shape index (κ1) is 17.8. The summed E-state index contributed by atoms with van der Waals surface area (Å²) in [6.07, 6.45) is 9.33. The maximum absolute atomic E-state index is 11.0. The fourth-order valence-electron chi connectivity index (χ4n) is 9.99.